The summed E-state index contributed by atoms with van der Waals surface area (Å²) in [5.74, 6) is 0.217. The van der Waals surface area contributed by atoms with Gasteiger partial charge < -0.3 is 10.6 Å². The number of nitrogens with two attached hydrogens (primary N) is 1. The third-order valence-electron chi connectivity index (χ3n) is 2.99. The number of aryl methyl sites for hydroxylation is 1. The average Bonchev–Trinajstić information content (AvgIpc) is 2.28. The van der Waals surface area contributed by atoms with Crippen molar-refractivity contribution in [1.82, 2.24) is 0 Å². The summed E-state index contributed by atoms with van der Waals surface area (Å²) < 4.78 is 0. The molecule has 3 nitrogen and oxygen atoms in total. The van der Waals surface area contributed by atoms with E-state index in [-0.39, 0.29) is 5.91 Å². The minimum atomic E-state index is 0.217. The smallest absolute Gasteiger partial charge is 0.226 e. The fraction of sp³-hybridized carbons (Fsp3) is 0.462. The van der Waals surface area contributed by atoms with Crippen molar-refractivity contribution in [3.05, 3.63) is 23.8 Å². The number of anilines is 2. The van der Waals surface area contributed by atoms with E-state index < -0.39 is 0 Å². The van der Waals surface area contributed by atoms with Crippen LogP contribution in [-0.2, 0) is 11.2 Å². The number of nitrogen functional groups attached to an aromatic ring is 1. The highest BCUT2D eigenvalue weighted by Gasteiger charge is 2.21. The first-order chi connectivity index (χ1) is 7.72. The predicted octanol–water partition coefficient (Wildman–Crippen LogP) is 2.35. The van der Waals surface area contributed by atoms with Crippen molar-refractivity contribution in [2.24, 2.45) is 0 Å². The van der Waals surface area contributed by atoms with Gasteiger partial charge in [0, 0.05) is 24.3 Å². The quantitative estimate of drug-likeness (QED) is 0.774. The molecule has 1 aliphatic rings. The number of carbonyl (C=O) groups is 1. The van der Waals surface area contributed by atoms with E-state index in [1.807, 2.05) is 30.0 Å². The SMILES string of the molecule is CCCC(=O)N1CCCc2ccc(N)cc21. The van der Waals surface area contributed by atoms with Crippen molar-refractivity contribution < 1.29 is 4.79 Å². The largest absolute Gasteiger partial charge is 0.399 e. The number of hydrogen-bond donors (Lipinski definition) is 1. The van der Waals surface area contributed by atoms with Gasteiger partial charge in [-0.15, -0.1) is 0 Å². The lowest BCUT2D eigenvalue weighted by Crippen LogP contribution is -2.35. The van der Waals surface area contributed by atoms with E-state index >= 15 is 0 Å². The standard InChI is InChI=1S/C13H18N2O/c1-2-4-13(16)15-8-3-5-10-6-7-11(14)9-12(10)15/h6-7,9H,2-5,8,14H2,1H3. The van der Waals surface area contributed by atoms with Gasteiger partial charge in [-0.1, -0.05) is 13.0 Å². The number of amides is 1. The second-order valence-electron chi connectivity index (χ2n) is 4.29. The molecule has 0 aliphatic carbocycles. The maximum atomic E-state index is 12.0. The van der Waals surface area contributed by atoms with E-state index in [0.29, 0.717) is 6.42 Å². The molecule has 1 heterocycles. The first-order valence-corrected chi connectivity index (χ1v) is 5.91. The Hall–Kier alpha value is -1.51. The molecule has 0 radical (unpaired) electrons. The van der Waals surface area contributed by atoms with Crippen LogP contribution in [0.25, 0.3) is 0 Å². The molecule has 16 heavy (non-hydrogen) atoms. The highest BCUT2D eigenvalue weighted by atomic mass is 16.2. The summed E-state index contributed by atoms with van der Waals surface area (Å²) >= 11 is 0. The van der Waals surface area contributed by atoms with Gasteiger partial charge in [0.2, 0.25) is 5.91 Å². The molecule has 0 fully saturated rings. The molecule has 1 aromatic rings. The number of nitrogens with zero attached hydrogens (tertiary/aromatic N) is 1. The van der Waals surface area contributed by atoms with Gasteiger partial charge in [0.1, 0.15) is 0 Å². The number of fused-ring (bicyclic) bond motifs is 1. The molecule has 0 spiro atoms. The second-order valence-corrected chi connectivity index (χ2v) is 4.29. The number of hydrogen-bond acceptors (Lipinski definition) is 2. The van der Waals surface area contributed by atoms with Crippen LogP contribution in [0.5, 0.6) is 0 Å². The Morgan fingerprint density at radius 2 is 2.31 bits per heavy atom. The van der Waals surface area contributed by atoms with Gasteiger partial charge in [0.25, 0.3) is 0 Å². The number of rotatable bonds is 2. The van der Waals surface area contributed by atoms with Crippen molar-refractivity contribution in [2.75, 3.05) is 17.2 Å². The number of carbonyl (C=O) groups excluding carboxylic acids is 1. The van der Waals surface area contributed by atoms with Crippen molar-refractivity contribution in [3.63, 3.8) is 0 Å². The molecular formula is C13H18N2O. The molecule has 86 valence electrons. The molecule has 2 N–H and O–H groups in total. The summed E-state index contributed by atoms with van der Waals surface area (Å²) in [7, 11) is 0. The number of benzene rings is 1. The van der Waals surface area contributed by atoms with Crippen LogP contribution in [-0.4, -0.2) is 12.5 Å². The van der Waals surface area contributed by atoms with Gasteiger partial charge in [-0.2, -0.15) is 0 Å². The molecule has 0 atom stereocenters. The Balaban J connectivity index is 2.31. The van der Waals surface area contributed by atoms with Crippen molar-refractivity contribution >= 4 is 17.3 Å². The minimum Gasteiger partial charge on any atom is -0.399 e. The fourth-order valence-corrected chi connectivity index (χ4v) is 2.20. The van der Waals surface area contributed by atoms with Gasteiger partial charge in [-0.05, 0) is 37.0 Å². The maximum absolute atomic E-state index is 12.0. The van der Waals surface area contributed by atoms with E-state index in [4.69, 9.17) is 5.73 Å². The lowest BCUT2D eigenvalue weighted by molar-refractivity contribution is -0.118. The Morgan fingerprint density at radius 1 is 1.50 bits per heavy atom. The van der Waals surface area contributed by atoms with E-state index in [0.717, 1.165) is 37.2 Å². The molecule has 1 aromatic carbocycles. The summed E-state index contributed by atoms with van der Waals surface area (Å²) in [4.78, 5) is 13.8. The van der Waals surface area contributed by atoms with Crippen molar-refractivity contribution in [2.45, 2.75) is 32.6 Å². The van der Waals surface area contributed by atoms with Gasteiger partial charge in [-0.25, -0.2) is 0 Å². The van der Waals surface area contributed by atoms with Gasteiger partial charge in [0.15, 0.2) is 0 Å². The summed E-state index contributed by atoms with van der Waals surface area (Å²) in [6.45, 7) is 2.86. The highest BCUT2D eigenvalue weighted by Crippen LogP contribution is 2.29. The van der Waals surface area contributed by atoms with E-state index in [2.05, 4.69) is 0 Å². The zero-order valence-corrected chi connectivity index (χ0v) is 9.70. The van der Waals surface area contributed by atoms with E-state index in [9.17, 15) is 4.79 Å². The van der Waals surface area contributed by atoms with Crippen molar-refractivity contribution in [1.29, 1.82) is 0 Å². The lowest BCUT2D eigenvalue weighted by atomic mass is 10.0. The average molecular weight is 218 g/mol. The molecule has 0 aromatic heterocycles. The minimum absolute atomic E-state index is 0.217. The van der Waals surface area contributed by atoms with Gasteiger partial charge in [-0.3, -0.25) is 4.79 Å². The van der Waals surface area contributed by atoms with Crippen LogP contribution in [0.2, 0.25) is 0 Å². The second kappa shape index (κ2) is 4.56. The molecule has 1 amide bonds. The van der Waals surface area contributed by atoms with E-state index in [1.165, 1.54) is 5.56 Å². The summed E-state index contributed by atoms with van der Waals surface area (Å²) in [5.41, 5.74) is 8.77. The van der Waals surface area contributed by atoms with Crippen LogP contribution in [0.3, 0.4) is 0 Å². The zero-order valence-electron chi connectivity index (χ0n) is 9.70. The zero-order chi connectivity index (χ0) is 11.5. The molecule has 1 aliphatic heterocycles. The lowest BCUT2D eigenvalue weighted by Gasteiger charge is -2.29. The normalized spacial score (nSPS) is 14.7. The van der Waals surface area contributed by atoms with Crippen LogP contribution < -0.4 is 10.6 Å². The van der Waals surface area contributed by atoms with Crippen LogP contribution >= 0.6 is 0 Å². The van der Waals surface area contributed by atoms with Crippen LogP contribution in [0.4, 0.5) is 11.4 Å². The Kier molecular flexibility index (Phi) is 3.13. The van der Waals surface area contributed by atoms with Gasteiger partial charge >= 0.3 is 0 Å². The molecule has 3 heteroatoms. The third-order valence-corrected chi connectivity index (χ3v) is 2.99. The molecule has 0 unspecified atom stereocenters. The van der Waals surface area contributed by atoms with Crippen molar-refractivity contribution in [3.8, 4) is 0 Å². The molecule has 0 bridgehead atoms. The first kappa shape index (κ1) is 11.0. The van der Waals surface area contributed by atoms with Gasteiger partial charge in [0.05, 0.1) is 0 Å². The predicted molar refractivity (Wildman–Crippen MR) is 66.4 cm³/mol. The van der Waals surface area contributed by atoms with Crippen LogP contribution in [0, 0.1) is 0 Å². The van der Waals surface area contributed by atoms with E-state index in [1.54, 1.807) is 0 Å². The fourth-order valence-electron chi connectivity index (χ4n) is 2.20. The highest BCUT2D eigenvalue weighted by molar-refractivity contribution is 5.95. The van der Waals surface area contributed by atoms with Crippen LogP contribution in [0.15, 0.2) is 18.2 Å². The van der Waals surface area contributed by atoms with Crippen LogP contribution in [0.1, 0.15) is 31.7 Å². The Labute approximate surface area is 96.2 Å². The Morgan fingerprint density at radius 3 is 3.06 bits per heavy atom. The first-order valence-electron chi connectivity index (χ1n) is 5.91. The summed E-state index contributed by atoms with van der Waals surface area (Å²) in [6.07, 6.45) is 3.61. The molecule has 0 saturated heterocycles. The Bertz CT molecular complexity index is 401. The third kappa shape index (κ3) is 2.03. The molecule has 2 rings (SSSR count). The molecule has 0 saturated carbocycles. The summed E-state index contributed by atoms with van der Waals surface area (Å²) in [5, 5.41) is 0. The topological polar surface area (TPSA) is 46.3 Å². The maximum Gasteiger partial charge on any atom is 0.226 e. The summed E-state index contributed by atoms with van der Waals surface area (Å²) in [6, 6.07) is 5.87. The molecular weight excluding hydrogens is 200 g/mol. The monoisotopic (exact) mass is 218 g/mol.